The van der Waals surface area contributed by atoms with Crippen LogP contribution in [0, 0.1) is 0 Å². The van der Waals surface area contributed by atoms with Crippen LogP contribution in [0.15, 0.2) is 91.0 Å². The minimum absolute atomic E-state index is 0.778. The highest BCUT2D eigenvalue weighted by Crippen LogP contribution is 2.52. The van der Waals surface area contributed by atoms with Crippen molar-refractivity contribution in [1.82, 2.24) is 0 Å². The van der Waals surface area contributed by atoms with E-state index < -0.39 is 12.3 Å². The third-order valence-electron chi connectivity index (χ3n) is 3.80. The van der Waals surface area contributed by atoms with Crippen LogP contribution < -0.4 is 0 Å². The minimum atomic E-state index is -3.95. The summed E-state index contributed by atoms with van der Waals surface area (Å²) in [6.45, 7) is -3.95. The number of hydrogen-bond acceptors (Lipinski definition) is 2. The first kappa shape index (κ1) is 17.0. The van der Waals surface area contributed by atoms with Crippen molar-refractivity contribution in [2.45, 2.75) is 5.60 Å². The molecule has 0 saturated heterocycles. The summed E-state index contributed by atoms with van der Waals surface area (Å²) < 4.78 is 5.82. The predicted molar refractivity (Wildman–Crippen MR) is 99.0 cm³/mol. The van der Waals surface area contributed by atoms with Gasteiger partial charge in [0.05, 0.1) is 0 Å². The predicted octanol–water partition coefficient (Wildman–Crippen LogP) is 4.20. The van der Waals surface area contributed by atoms with Crippen LogP contribution in [-0.2, 0) is 21.9 Å². The van der Waals surface area contributed by atoms with E-state index in [1.807, 2.05) is 91.0 Å². The van der Waals surface area contributed by atoms with Crippen LogP contribution in [0.2, 0.25) is 0 Å². The van der Waals surface area contributed by atoms with Gasteiger partial charge in [-0.15, -0.1) is 0 Å². The topological polar surface area (TPSA) is 49.7 Å². The first-order chi connectivity index (χ1) is 11.5. The van der Waals surface area contributed by atoms with Crippen LogP contribution in [-0.4, -0.2) is 9.79 Å². The average Bonchev–Trinajstić information content (AvgIpc) is 2.61. The summed E-state index contributed by atoms with van der Waals surface area (Å²) in [5.74, 6) is 0. The van der Waals surface area contributed by atoms with E-state index in [0.717, 1.165) is 16.7 Å². The second-order valence-corrected chi connectivity index (χ2v) is 7.95. The van der Waals surface area contributed by atoms with Gasteiger partial charge < -0.3 is 9.79 Å². The molecule has 3 nitrogen and oxygen atoms in total. The molecule has 0 aliphatic carbocycles. The maximum absolute atomic E-state index is 10.00. The lowest BCUT2D eigenvalue weighted by Crippen LogP contribution is -2.31. The average molecular weight is 356 g/mol. The van der Waals surface area contributed by atoms with Gasteiger partial charge in [0.2, 0.25) is 0 Å². The molecule has 0 spiro atoms. The second kappa shape index (κ2) is 6.98. The van der Waals surface area contributed by atoms with Gasteiger partial charge in [-0.1, -0.05) is 91.0 Å². The van der Waals surface area contributed by atoms with Gasteiger partial charge in [-0.25, -0.2) is 0 Å². The first-order valence-electron chi connectivity index (χ1n) is 7.45. The molecule has 0 heterocycles. The largest absolute Gasteiger partial charge is 0.324 e. The lowest BCUT2D eigenvalue weighted by Gasteiger charge is -2.36. The van der Waals surface area contributed by atoms with Crippen molar-refractivity contribution in [3.63, 3.8) is 0 Å². The minimum Gasteiger partial charge on any atom is -0.324 e. The van der Waals surface area contributed by atoms with Crippen molar-refractivity contribution in [1.29, 1.82) is 0 Å². The Morgan fingerprint density at radius 2 is 0.917 bits per heavy atom. The summed E-state index contributed by atoms with van der Waals surface area (Å²) in [7, 11) is 0. The van der Waals surface area contributed by atoms with Crippen molar-refractivity contribution < 1.29 is 14.3 Å². The van der Waals surface area contributed by atoms with Crippen molar-refractivity contribution >= 4 is 18.5 Å². The summed E-state index contributed by atoms with van der Waals surface area (Å²) in [4.78, 5) is 20.0. The van der Waals surface area contributed by atoms with Gasteiger partial charge in [-0.3, -0.25) is 4.52 Å². The van der Waals surface area contributed by atoms with Gasteiger partial charge in [-0.05, 0) is 28.5 Å². The fraction of sp³-hybridized carbons (Fsp3) is 0.0526. The van der Waals surface area contributed by atoms with Crippen LogP contribution in [0.3, 0.4) is 0 Å². The van der Waals surface area contributed by atoms with E-state index in [9.17, 15) is 9.79 Å². The first-order valence-corrected chi connectivity index (χ1v) is 10.1. The standard InChI is InChI=1S/C19H17O3PS/c20-23(21,24)22-19(16-10-4-1-5-11-16,17-12-6-2-7-13-17)18-14-8-3-9-15-18/h1-15H,(H2,20,21,24). The van der Waals surface area contributed by atoms with Gasteiger partial charge in [0.25, 0.3) is 0 Å². The van der Waals surface area contributed by atoms with Gasteiger partial charge in [0, 0.05) is 0 Å². The molecule has 3 aromatic rings. The third-order valence-corrected chi connectivity index (χ3v) is 4.53. The molecule has 0 radical (unpaired) electrons. The van der Waals surface area contributed by atoms with Gasteiger partial charge in [-0.2, -0.15) is 0 Å². The van der Waals surface area contributed by atoms with Crippen molar-refractivity contribution in [2.75, 3.05) is 0 Å². The fourth-order valence-electron chi connectivity index (χ4n) is 2.86. The molecule has 0 saturated carbocycles. The molecule has 0 aliphatic rings. The zero-order chi connectivity index (χ0) is 17.0. The van der Waals surface area contributed by atoms with Crippen LogP contribution in [0.25, 0.3) is 0 Å². The normalized spacial score (nSPS) is 12.1. The van der Waals surface area contributed by atoms with E-state index in [-0.39, 0.29) is 0 Å². The Labute approximate surface area is 146 Å². The Kier molecular flexibility index (Phi) is 4.95. The highest BCUT2D eigenvalue weighted by Gasteiger charge is 2.41. The Balaban J connectivity index is 2.35. The van der Waals surface area contributed by atoms with E-state index in [2.05, 4.69) is 0 Å². The molecular weight excluding hydrogens is 339 g/mol. The summed E-state index contributed by atoms with van der Waals surface area (Å²) in [6.07, 6.45) is 0. The smallest absolute Gasteiger partial charge is 0.323 e. The molecule has 2 N–H and O–H groups in total. The summed E-state index contributed by atoms with van der Waals surface area (Å²) in [5, 5.41) is 0. The molecule has 0 aromatic heterocycles. The Bertz CT molecular complexity index is 736. The second-order valence-electron chi connectivity index (χ2n) is 5.36. The molecule has 0 unspecified atom stereocenters. The third kappa shape index (κ3) is 3.48. The van der Waals surface area contributed by atoms with Crippen molar-refractivity contribution in [2.24, 2.45) is 0 Å². The van der Waals surface area contributed by atoms with Crippen molar-refractivity contribution in [3.8, 4) is 0 Å². The van der Waals surface area contributed by atoms with Crippen LogP contribution in [0.1, 0.15) is 16.7 Å². The SMILES string of the molecule is OP(O)(=S)OC(c1ccccc1)(c1ccccc1)c1ccccc1. The quantitative estimate of drug-likeness (QED) is 0.531. The van der Waals surface area contributed by atoms with Gasteiger partial charge in [0.15, 0.2) is 5.60 Å². The van der Waals surface area contributed by atoms with E-state index in [4.69, 9.17) is 16.3 Å². The van der Waals surface area contributed by atoms with E-state index >= 15 is 0 Å². The van der Waals surface area contributed by atoms with E-state index in [1.165, 1.54) is 0 Å². The van der Waals surface area contributed by atoms with Crippen LogP contribution >= 0.6 is 6.72 Å². The van der Waals surface area contributed by atoms with E-state index in [0.29, 0.717) is 0 Å². The molecule has 0 aliphatic heterocycles. The Hall–Kier alpha value is -1.81. The van der Waals surface area contributed by atoms with Crippen molar-refractivity contribution in [3.05, 3.63) is 108 Å². The summed E-state index contributed by atoms with van der Waals surface area (Å²) in [6, 6.07) is 28.4. The molecule has 3 aromatic carbocycles. The summed E-state index contributed by atoms with van der Waals surface area (Å²) in [5.41, 5.74) is 1.14. The molecule has 122 valence electrons. The molecule has 0 amide bonds. The zero-order valence-electron chi connectivity index (χ0n) is 12.8. The fourth-order valence-corrected chi connectivity index (χ4v) is 3.86. The molecule has 0 atom stereocenters. The van der Waals surface area contributed by atoms with Gasteiger partial charge >= 0.3 is 6.72 Å². The number of hydrogen-bond donors (Lipinski definition) is 2. The lowest BCUT2D eigenvalue weighted by molar-refractivity contribution is 0.127. The number of benzene rings is 3. The molecule has 24 heavy (non-hydrogen) atoms. The highest BCUT2D eigenvalue weighted by atomic mass is 32.5. The molecule has 0 fully saturated rings. The van der Waals surface area contributed by atoms with Crippen LogP contribution in [0.5, 0.6) is 0 Å². The molecular formula is C19H17O3PS. The zero-order valence-corrected chi connectivity index (χ0v) is 14.5. The highest BCUT2D eigenvalue weighted by molar-refractivity contribution is 8.06. The lowest BCUT2D eigenvalue weighted by atomic mass is 9.80. The van der Waals surface area contributed by atoms with Gasteiger partial charge in [0.1, 0.15) is 0 Å². The molecule has 3 rings (SSSR count). The molecule has 5 heteroatoms. The Morgan fingerprint density at radius 3 is 1.17 bits per heavy atom. The molecule has 0 bridgehead atoms. The Morgan fingerprint density at radius 1 is 0.625 bits per heavy atom. The maximum Gasteiger partial charge on any atom is 0.323 e. The number of rotatable bonds is 5. The maximum atomic E-state index is 10.00. The summed E-state index contributed by atoms with van der Waals surface area (Å²) >= 11 is 4.83. The monoisotopic (exact) mass is 356 g/mol. The van der Waals surface area contributed by atoms with Crippen LogP contribution in [0.4, 0.5) is 0 Å². The van der Waals surface area contributed by atoms with E-state index in [1.54, 1.807) is 0 Å².